The van der Waals surface area contributed by atoms with Crippen LogP contribution in [0.5, 0.6) is 0 Å². The van der Waals surface area contributed by atoms with E-state index >= 15 is 0 Å². The zero-order valence-corrected chi connectivity index (χ0v) is 10.9. The van der Waals surface area contributed by atoms with Gasteiger partial charge in [0.05, 0.1) is 6.42 Å². The van der Waals surface area contributed by atoms with Gasteiger partial charge >= 0.3 is 5.97 Å². The summed E-state index contributed by atoms with van der Waals surface area (Å²) in [5.74, 6) is -4.07. The number of anilines is 1. The van der Waals surface area contributed by atoms with Crippen molar-refractivity contribution >= 4 is 11.7 Å². The zero-order chi connectivity index (χ0) is 15.4. The Balaban J connectivity index is 2.19. The number of benzene rings is 2. The third-order valence-corrected chi connectivity index (χ3v) is 2.92. The molecule has 6 heteroatoms. The van der Waals surface area contributed by atoms with E-state index in [2.05, 4.69) is 5.32 Å². The van der Waals surface area contributed by atoms with Crippen LogP contribution in [-0.4, -0.2) is 11.1 Å². The maximum atomic E-state index is 13.5. The van der Waals surface area contributed by atoms with Crippen molar-refractivity contribution in [2.75, 3.05) is 5.32 Å². The van der Waals surface area contributed by atoms with Gasteiger partial charge in [-0.1, -0.05) is 24.3 Å². The monoisotopic (exact) mass is 295 g/mol. The first-order valence-electron chi connectivity index (χ1n) is 6.14. The second-order valence-electron chi connectivity index (χ2n) is 4.44. The van der Waals surface area contributed by atoms with E-state index in [4.69, 9.17) is 5.11 Å². The average Bonchev–Trinajstić information content (AvgIpc) is 2.38. The topological polar surface area (TPSA) is 49.3 Å². The Kier molecular flexibility index (Phi) is 4.47. The molecule has 0 fully saturated rings. The van der Waals surface area contributed by atoms with Crippen LogP contribution in [0.4, 0.5) is 18.9 Å². The number of rotatable bonds is 5. The van der Waals surface area contributed by atoms with Crippen molar-refractivity contribution < 1.29 is 23.1 Å². The second kappa shape index (κ2) is 6.30. The van der Waals surface area contributed by atoms with E-state index in [0.29, 0.717) is 23.3 Å². The smallest absolute Gasteiger partial charge is 0.307 e. The molecule has 0 heterocycles. The highest BCUT2D eigenvalue weighted by Crippen LogP contribution is 2.21. The molecule has 2 rings (SSSR count). The van der Waals surface area contributed by atoms with Crippen LogP contribution >= 0.6 is 0 Å². The molecular weight excluding hydrogens is 283 g/mol. The highest BCUT2D eigenvalue weighted by atomic mass is 19.1. The van der Waals surface area contributed by atoms with Crippen LogP contribution < -0.4 is 5.32 Å². The summed E-state index contributed by atoms with van der Waals surface area (Å²) in [5, 5.41) is 11.3. The predicted octanol–water partition coefficient (Wildman–Crippen LogP) is 3.34. The first kappa shape index (κ1) is 14.9. The van der Waals surface area contributed by atoms with Gasteiger partial charge in [0.15, 0.2) is 11.6 Å². The summed E-state index contributed by atoms with van der Waals surface area (Å²) in [6, 6.07) is 7.82. The van der Waals surface area contributed by atoms with E-state index in [-0.39, 0.29) is 13.0 Å². The summed E-state index contributed by atoms with van der Waals surface area (Å²) >= 11 is 0. The molecule has 0 amide bonds. The second-order valence-corrected chi connectivity index (χ2v) is 4.44. The van der Waals surface area contributed by atoms with Crippen molar-refractivity contribution in [3.05, 3.63) is 65.0 Å². The summed E-state index contributed by atoms with van der Waals surface area (Å²) in [4.78, 5) is 10.8. The van der Waals surface area contributed by atoms with Crippen LogP contribution in [0.2, 0.25) is 0 Å². The lowest BCUT2D eigenvalue weighted by Crippen LogP contribution is -2.09. The number of hydrogen-bond donors (Lipinski definition) is 2. The molecular formula is C15H12F3NO2. The Morgan fingerprint density at radius 2 is 1.62 bits per heavy atom. The predicted molar refractivity (Wildman–Crippen MR) is 71.4 cm³/mol. The average molecular weight is 295 g/mol. The van der Waals surface area contributed by atoms with Crippen LogP contribution in [0.3, 0.4) is 0 Å². The first-order valence-corrected chi connectivity index (χ1v) is 6.14. The zero-order valence-electron chi connectivity index (χ0n) is 10.9. The third kappa shape index (κ3) is 3.75. The van der Waals surface area contributed by atoms with Gasteiger partial charge in [0.25, 0.3) is 0 Å². The maximum absolute atomic E-state index is 13.5. The van der Waals surface area contributed by atoms with Gasteiger partial charge in [-0.25, -0.2) is 13.2 Å². The molecule has 110 valence electrons. The van der Waals surface area contributed by atoms with Crippen molar-refractivity contribution in [3.63, 3.8) is 0 Å². The highest BCUT2D eigenvalue weighted by Gasteiger charge is 2.12. The molecule has 0 saturated carbocycles. The lowest BCUT2D eigenvalue weighted by atomic mass is 10.0. The molecule has 0 unspecified atom stereocenters. The highest BCUT2D eigenvalue weighted by molar-refractivity contribution is 5.70. The number of carboxylic acids is 1. The SMILES string of the molecule is O=C(O)Cc1ccccc1CNc1c(F)cc(F)cc1F. The third-order valence-electron chi connectivity index (χ3n) is 2.92. The van der Waals surface area contributed by atoms with Crippen molar-refractivity contribution in [2.24, 2.45) is 0 Å². The lowest BCUT2D eigenvalue weighted by Gasteiger charge is -2.11. The molecule has 0 bridgehead atoms. The normalized spacial score (nSPS) is 10.4. The van der Waals surface area contributed by atoms with Crippen molar-refractivity contribution in [1.82, 2.24) is 0 Å². The van der Waals surface area contributed by atoms with Gasteiger partial charge in [0.1, 0.15) is 11.5 Å². The van der Waals surface area contributed by atoms with E-state index in [9.17, 15) is 18.0 Å². The summed E-state index contributed by atoms with van der Waals surface area (Å²) in [5.41, 5.74) is 0.699. The lowest BCUT2D eigenvalue weighted by molar-refractivity contribution is -0.136. The molecule has 21 heavy (non-hydrogen) atoms. The summed E-state index contributed by atoms with van der Waals surface area (Å²) in [7, 11) is 0. The Bertz CT molecular complexity index is 651. The minimum absolute atomic E-state index is 0.0307. The van der Waals surface area contributed by atoms with Gasteiger partial charge in [0.2, 0.25) is 0 Å². The number of hydrogen-bond acceptors (Lipinski definition) is 2. The standard InChI is InChI=1S/C15H12F3NO2/c16-11-6-12(17)15(13(18)7-11)19-8-10-4-2-1-3-9(10)5-14(20)21/h1-4,6-7,19H,5,8H2,(H,20,21). The van der Waals surface area contributed by atoms with E-state index < -0.39 is 29.1 Å². The summed E-state index contributed by atoms with van der Waals surface area (Å²) in [6.45, 7) is 0.0307. The molecule has 0 aliphatic carbocycles. The van der Waals surface area contributed by atoms with E-state index in [1.165, 1.54) is 0 Å². The van der Waals surface area contributed by atoms with Gasteiger partial charge in [0, 0.05) is 18.7 Å². The van der Waals surface area contributed by atoms with Crippen molar-refractivity contribution in [3.8, 4) is 0 Å². The van der Waals surface area contributed by atoms with Gasteiger partial charge in [-0.2, -0.15) is 0 Å². The van der Waals surface area contributed by atoms with Crippen LogP contribution in [0, 0.1) is 17.5 Å². The minimum Gasteiger partial charge on any atom is -0.481 e. The molecule has 0 aliphatic rings. The molecule has 0 atom stereocenters. The molecule has 0 aliphatic heterocycles. The Morgan fingerprint density at radius 3 is 2.19 bits per heavy atom. The number of aliphatic carboxylic acids is 1. The summed E-state index contributed by atoms with van der Waals surface area (Å²) in [6.07, 6.45) is -0.188. The quantitative estimate of drug-likeness (QED) is 0.889. The molecule has 0 radical (unpaired) electrons. The molecule has 2 aromatic carbocycles. The first-order chi connectivity index (χ1) is 9.97. The number of halogens is 3. The largest absolute Gasteiger partial charge is 0.481 e. The van der Waals surface area contributed by atoms with Crippen LogP contribution in [-0.2, 0) is 17.8 Å². The number of nitrogens with one attached hydrogen (secondary N) is 1. The molecule has 2 aromatic rings. The minimum atomic E-state index is -1.04. The fraction of sp³-hybridized carbons (Fsp3) is 0.133. The van der Waals surface area contributed by atoms with Crippen LogP contribution in [0.15, 0.2) is 36.4 Å². The Hall–Kier alpha value is -2.50. The Morgan fingerprint density at radius 1 is 1.05 bits per heavy atom. The van der Waals surface area contributed by atoms with Crippen molar-refractivity contribution in [1.29, 1.82) is 0 Å². The van der Waals surface area contributed by atoms with Gasteiger partial charge in [-0.05, 0) is 11.1 Å². The van der Waals surface area contributed by atoms with Gasteiger partial charge in [-0.15, -0.1) is 0 Å². The molecule has 0 aromatic heterocycles. The summed E-state index contributed by atoms with van der Waals surface area (Å²) < 4.78 is 39.8. The van der Waals surface area contributed by atoms with Crippen molar-refractivity contribution in [2.45, 2.75) is 13.0 Å². The molecule has 3 nitrogen and oxygen atoms in total. The number of carboxylic acid groups (broad SMARTS) is 1. The van der Waals surface area contributed by atoms with E-state index in [1.54, 1.807) is 24.3 Å². The van der Waals surface area contributed by atoms with E-state index in [1.807, 2.05) is 0 Å². The van der Waals surface area contributed by atoms with E-state index in [0.717, 1.165) is 0 Å². The molecule has 0 spiro atoms. The van der Waals surface area contributed by atoms with Crippen LogP contribution in [0.25, 0.3) is 0 Å². The number of carbonyl (C=O) groups is 1. The molecule has 2 N–H and O–H groups in total. The maximum Gasteiger partial charge on any atom is 0.307 e. The molecule has 0 saturated heterocycles. The van der Waals surface area contributed by atoms with Gasteiger partial charge < -0.3 is 10.4 Å². The fourth-order valence-corrected chi connectivity index (χ4v) is 1.96. The van der Waals surface area contributed by atoms with Gasteiger partial charge in [-0.3, -0.25) is 4.79 Å². The van der Waals surface area contributed by atoms with Crippen LogP contribution in [0.1, 0.15) is 11.1 Å². The fourth-order valence-electron chi connectivity index (χ4n) is 1.96. The Labute approximate surface area is 119 Å².